The Balaban J connectivity index is 1.21. The molecule has 0 atom stereocenters. The molecule has 0 N–H and O–H groups in total. The van der Waals surface area contributed by atoms with Crippen molar-refractivity contribution >= 4 is 88.5 Å². The van der Waals surface area contributed by atoms with E-state index in [4.69, 9.17) is 19.4 Å². The molecule has 8 aromatic carbocycles. The SMILES string of the molecule is C[Si](C)(C)c1ccc2sc3ccc(-c4cccc5oc6ccc(-n7c8ccccc8c8ccccc87)c(-c7nc(-c8ccccc8)nc(-c8ccccc8)n7)c6c45)cc3c2c1. The Bertz CT molecular complexity index is 3580. The first-order chi connectivity index (χ1) is 29.9. The molecule has 0 aliphatic heterocycles. The number of hydrogen-bond acceptors (Lipinski definition) is 5. The van der Waals surface area contributed by atoms with Gasteiger partial charge < -0.3 is 8.98 Å². The number of rotatable bonds is 6. The van der Waals surface area contributed by atoms with Crippen LogP contribution in [0.2, 0.25) is 19.6 Å². The molecule has 4 heterocycles. The molecule has 0 fully saturated rings. The van der Waals surface area contributed by atoms with Gasteiger partial charge in [0.15, 0.2) is 17.5 Å². The van der Waals surface area contributed by atoms with Gasteiger partial charge in [-0.05, 0) is 59.7 Å². The van der Waals surface area contributed by atoms with E-state index in [-0.39, 0.29) is 0 Å². The molecular formula is C54H38N4OSSi. The molecule has 0 saturated carbocycles. The molecule has 0 bridgehead atoms. The van der Waals surface area contributed by atoms with Crippen molar-refractivity contribution in [3.63, 3.8) is 0 Å². The summed E-state index contributed by atoms with van der Waals surface area (Å²) in [6, 6.07) is 62.4. The molecule has 4 aromatic heterocycles. The fourth-order valence-electron chi connectivity index (χ4n) is 9.07. The predicted octanol–water partition coefficient (Wildman–Crippen LogP) is 14.4. The van der Waals surface area contributed by atoms with Crippen molar-refractivity contribution in [2.24, 2.45) is 0 Å². The second kappa shape index (κ2) is 13.7. The van der Waals surface area contributed by atoms with Gasteiger partial charge in [0.1, 0.15) is 11.2 Å². The van der Waals surface area contributed by atoms with Gasteiger partial charge in [0.05, 0.1) is 30.4 Å². The number of hydrogen-bond donors (Lipinski definition) is 0. The second-order valence-electron chi connectivity index (χ2n) is 16.8. The van der Waals surface area contributed by atoms with Gasteiger partial charge in [-0.25, -0.2) is 15.0 Å². The molecule has 7 heteroatoms. The summed E-state index contributed by atoms with van der Waals surface area (Å²) < 4.78 is 11.9. The number of fused-ring (bicyclic) bond motifs is 9. The first kappa shape index (κ1) is 35.7. The van der Waals surface area contributed by atoms with E-state index in [1.807, 2.05) is 47.7 Å². The van der Waals surface area contributed by atoms with Crippen LogP contribution in [0.5, 0.6) is 0 Å². The van der Waals surface area contributed by atoms with Crippen LogP contribution in [0.1, 0.15) is 0 Å². The van der Waals surface area contributed by atoms with E-state index < -0.39 is 8.07 Å². The minimum atomic E-state index is -1.53. The molecule has 12 aromatic rings. The summed E-state index contributed by atoms with van der Waals surface area (Å²) in [6.45, 7) is 7.26. The highest BCUT2D eigenvalue weighted by molar-refractivity contribution is 7.25. The lowest BCUT2D eigenvalue weighted by atomic mass is 9.95. The number of para-hydroxylation sites is 2. The third kappa shape index (κ3) is 5.76. The van der Waals surface area contributed by atoms with Gasteiger partial charge in [-0.2, -0.15) is 0 Å². The molecule has 0 unspecified atom stereocenters. The Labute approximate surface area is 357 Å². The molecule has 0 aliphatic carbocycles. The predicted molar refractivity (Wildman–Crippen MR) is 259 cm³/mol. The number of aromatic nitrogens is 4. The first-order valence-corrected chi connectivity index (χ1v) is 25.0. The minimum Gasteiger partial charge on any atom is -0.456 e. The number of thiophene rings is 1. The van der Waals surface area contributed by atoms with E-state index in [1.165, 1.54) is 36.1 Å². The first-order valence-electron chi connectivity index (χ1n) is 20.7. The minimum absolute atomic E-state index is 0.575. The third-order valence-electron chi connectivity index (χ3n) is 12.0. The van der Waals surface area contributed by atoms with Crippen LogP contribution in [0, 0.1) is 0 Å². The zero-order valence-corrected chi connectivity index (χ0v) is 35.7. The Hall–Kier alpha value is -7.19. The van der Waals surface area contributed by atoms with Crippen LogP contribution in [-0.2, 0) is 0 Å². The summed E-state index contributed by atoms with van der Waals surface area (Å²) in [7, 11) is -1.53. The van der Waals surface area contributed by atoms with Gasteiger partial charge in [0.25, 0.3) is 0 Å². The lowest BCUT2D eigenvalue weighted by Gasteiger charge is -2.16. The van der Waals surface area contributed by atoms with Crippen LogP contribution >= 0.6 is 11.3 Å². The topological polar surface area (TPSA) is 56.7 Å². The van der Waals surface area contributed by atoms with E-state index in [2.05, 4.69) is 164 Å². The Morgan fingerprint density at radius 2 is 1.03 bits per heavy atom. The lowest BCUT2D eigenvalue weighted by Crippen LogP contribution is -2.37. The molecule has 61 heavy (non-hydrogen) atoms. The summed E-state index contributed by atoms with van der Waals surface area (Å²) in [5.74, 6) is 1.79. The summed E-state index contributed by atoms with van der Waals surface area (Å²) in [5, 5.41) is 8.43. The smallest absolute Gasteiger partial charge is 0.166 e. The van der Waals surface area contributed by atoms with Gasteiger partial charge in [-0.1, -0.05) is 152 Å². The molecule has 290 valence electrons. The summed E-state index contributed by atoms with van der Waals surface area (Å²) in [5.41, 5.74) is 9.70. The Morgan fingerprint density at radius 3 is 1.69 bits per heavy atom. The third-order valence-corrected chi connectivity index (χ3v) is 15.2. The molecular weight excluding hydrogens is 781 g/mol. The number of nitrogens with zero attached hydrogens (tertiary/aromatic N) is 4. The molecule has 0 spiro atoms. The van der Waals surface area contributed by atoms with Crippen LogP contribution in [0.15, 0.2) is 180 Å². The van der Waals surface area contributed by atoms with Crippen molar-refractivity contribution in [1.82, 2.24) is 19.5 Å². The second-order valence-corrected chi connectivity index (χ2v) is 23.0. The van der Waals surface area contributed by atoms with Gasteiger partial charge in [-0.15, -0.1) is 11.3 Å². The largest absolute Gasteiger partial charge is 0.456 e. The number of furan rings is 1. The average molecular weight is 819 g/mol. The maximum Gasteiger partial charge on any atom is 0.166 e. The van der Waals surface area contributed by atoms with Crippen LogP contribution in [0.4, 0.5) is 0 Å². The van der Waals surface area contributed by atoms with Gasteiger partial charge in [-0.3, -0.25) is 0 Å². The van der Waals surface area contributed by atoms with Crippen molar-refractivity contribution in [1.29, 1.82) is 0 Å². The molecule has 5 nitrogen and oxygen atoms in total. The van der Waals surface area contributed by atoms with Gasteiger partial charge in [0, 0.05) is 52.8 Å². The molecule has 0 aliphatic rings. The summed E-state index contributed by atoms with van der Waals surface area (Å²) in [4.78, 5) is 15.9. The van der Waals surface area contributed by atoms with E-state index in [0.717, 1.165) is 66.5 Å². The fourth-order valence-corrected chi connectivity index (χ4v) is 11.3. The number of benzene rings is 8. The van der Waals surface area contributed by atoms with E-state index in [0.29, 0.717) is 17.5 Å². The monoisotopic (exact) mass is 818 g/mol. The molecule has 0 saturated heterocycles. The average Bonchev–Trinajstić information content (AvgIpc) is 3.98. The van der Waals surface area contributed by atoms with Gasteiger partial charge in [0.2, 0.25) is 0 Å². The van der Waals surface area contributed by atoms with Crippen molar-refractivity contribution in [3.8, 4) is 51.0 Å². The highest BCUT2D eigenvalue weighted by Gasteiger charge is 2.26. The Morgan fingerprint density at radius 1 is 0.459 bits per heavy atom. The van der Waals surface area contributed by atoms with Crippen molar-refractivity contribution in [2.75, 3.05) is 0 Å². The van der Waals surface area contributed by atoms with E-state index in [1.54, 1.807) is 0 Å². The highest BCUT2D eigenvalue weighted by atomic mass is 32.1. The van der Waals surface area contributed by atoms with Crippen LogP contribution in [-0.4, -0.2) is 27.6 Å². The maximum atomic E-state index is 6.88. The lowest BCUT2D eigenvalue weighted by molar-refractivity contribution is 0.669. The maximum absolute atomic E-state index is 6.88. The van der Waals surface area contributed by atoms with Crippen LogP contribution in [0.3, 0.4) is 0 Å². The summed E-state index contributed by atoms with van der Waals surface area (Å²) >= 11 is 1.87. The molecule has 0 radical (unpaired) electrons. The fraction of sp³-hybridized carbons (Fsp3) is 0.0556. The Kier molecular flexibility index (Phi) is 8.01. The highest BCUT2D eigenvalue weighted by Crippen LogP contribution is 2.46. The van der Waals surface area contributed by atoms with Gasteiger partial charge >= 0.3 is 0 Å². The van der Waals surface area contributed by atoms with E-state index >= 15 is 0 Å². The standard InChI is InChI=1S/C54H38N4OSSi/c1-61(2,3)36-26-30-48-41(32-36)40-31-35(25-29-47(40)60-48)37-21-14-24-45-49(37)51-46(59-45)28-27-44(58-42-22-12-10-19-38(42)39-20-11-13-23-43(39)58)50(51)54-56-52(33-15-6-4-7-16-33)55-53(57-54)34-17-8-5-9-18-34/h4-32H,1-3H3. The zero-order chi connectivity index (χ0) is 40.8. The van der Waals surface area contributed by atoms with Crippen LogP contribution < -0.4 is 5.19 Å². The van der Waals surface area contributed by atoms with Crippen molar-refractivity contribution < 1.29 is 4.42 Å². The van der Waals surface area contributed by atoms with Crippen molar-refractivity contribution in [3.05, 3.63) is 176 Å². The van der Waals surface area contributed by atoms with Crippen LogP contribution in [0.25, 0.3) is 115 Å². The molecule has 12 rings (SSSR count). The van der Waals surface area contributed by atoms with E-state index in [9.17, 15) is 0 Å². The summed E-state index contributed by atoms with van der Waals surface area (Å²) in [6.07, 6.45) is 0. The molecule has 0 amide bonds. The zero-order valence-electron chi connectivity index (χ0n) is 33.8. The van der Waals surface area contributed by atoms with Crippen molar-refractivity contribution in [2.45, 2.75) is 19.6 Å². The quantitative estimate of drug-likeness (QED) is 0.157. The normalized spacial score (nSPS) is 12.2.